The third-order valence-electron chi connectivity index (χ3n) is 5.15. The number of esters is 1. The largest absolute Gasteiger partial charge is 0.466 e. The first kappa shape index (κ1) is 23.7. The molecule has 1 saturated heterocycles. The van der Waals surface area contributed by atoms with Gasteiger partial charge in [0.1, 0.15) is 35.6 Å². The van der Waals surface area contributed by atoms with E-state index in [2.05, 4.69) is 5.16 Å². The Morgan fingerprint density at radius 2 is 1.81 bits per heavy atom. The SMILES string of the molecule is CCOC(=O)[C@@H]1CCCN(CCO/N=C(\c2ccc(F)cc2F)c2cc(F)ccc2F)C1. The van der Waals surface area contributed by atoms with Crippen molar-refractivity contribution in [1.29, 1.82) is 0 Å². The maximum Gasteiger partial charge on any atom is 0.310 e. The van der Waals surface area contributed by atoms with Crippen LogP contribution in [0.4, 0.5) is 17.6 Å². The summed E-state index contributed by atoms with van der Waals surface area (Å²) in [4.78, 5) is 19.3. The number of benzene rings is 2. The molecule has 0 saturated carbocycles. The summed E-state index contributed by atoms with van der Waals surface area (Å²) in [7, 11) is 0. The van der Waals surface area contributed by atoms with Gasteiger partial charge in [-0.2, -0.15) is 0 Å². The van der Waals surface area contributed by atoms with E-state index in [4.69, 9.17) is 9.57 Å². The van der Waals surface area contributed by atoms with Crippen molar-refractivity contribution in [3.8, 4) is 0 Å². The number of hydrogen-bond donors (Lipinski definition) is 0. The third kappa shape index (κ3) is 6.06. The number of carbonyl (C=O) groups is 1. The Balaban J connectivity index is 1.73. The van der Waals surface area contributed by atoms with Gasteiger partial charge in [0.25, 0.3) is 0 Å². The zero-order chi connectivity index (χ0) is 23.1. The van der Waals surface area contributed by atoms with Gasteiger partial charge in [0.15, 0.2) is 0 Å². The summed E-state index contributed by atoms with van der Waals surface area (Å²) < 4.78 is 60.8. The highest BCUT2D eigenvalue weighted by atomic mass is 19.1. The van der Waals surface area contributed by atoms with Crippen LogP contribution in [0.3, 0.4) is 0 Å². The number of piperidine rings is 1. The molecule has 1 aliphatic heterocycles. The molecule has 32 heavy (non-hydrogen) atoms. The monoisotopic (exact) mass is 452 g/mol. The number of likely N-dealkylation sites (tertiary alicyclic amines) is 1. The Kier molecular flexibility index (Phi) is 8.21. The Hall–Kier alpha value is -2.94. The van der Waals surface area contributed by atoms with Crippen LogP contribution in [0.25, 0.3) is 0 Å². The molecule has 0 aromatic heterocycles. The van der Waals surface area contributed by atoms with Gasteiger partial charge in [0.2, 0.25) is 0 Å². The van der Waals surface area contributed by atoms with Gasteiger partial charge in [0.05, 0.1) is 12.5 Å². The molecular formula is C23H24F4N2O3. The standard InChI is InChI=1S/C23H24F4N2O3/c1-2-31-23(30)15-4-3-9-29(14-15)10-11-32-28-22(18-7-5-17(25)13-21(18)27)19-12-16(24)6-8-20(19)26/h5-8,12-13,15H,2-4,9-11,14H2,1H3/b28-22+/t15-/m1/s1. The van der Waals surface area contributed by atoms with Crippen molar-refractivity contribution in [2.45, 2.75) is 19.8 Å². The summed E-state index contributed by atoms with van der Waals surface area (Å²) >= 11 is 0. The second kappa shape index (κ2) is 11.1. The van der Waals surface area contributed by atoms with Gasteiger partial charge in [0, 0.05) is 30.3 Å². The van der Waals surface area contributed by atoms with Crippen LogP contribution in [0.1, 0.15) is 30.9 Å². The van der Waals surface area contributed by atoms with E-state index < -0.39 is 23.3 Å². The summed E-state index contributed by atoms with van der Waals surface area (Å²) in [5.41, 5.74) is -0.824. The van der Waals surface area contributed by atoms with Gasteiger partial charge in [-0.1, -0.05) is 5.16 Å². The van der Waals surface area contributed by atoms with Crippen LogP contribution in [0, 0.1) is 29.2 Å². The predicted molar refractivity (Wildman–Crippen MR) is 110 cm³/mol. The van der Waals surface area contributed by atoms with Crippen molar-refractivity contribution in [2.24, 2.45) is 11.1 Å². The second-order valence-electron chi connectivity index (χ2n) is 7.41. The molecule has 1 aliphatic rings. The maximum absolute atomic E-state index is 14.4. The smallest absolute Gasteiger partial charge is 0.310 e. The fourth-order valence-electron chi connectivity index (χ4n) is 3.60. The molecule has 1 heterocycles. The molecular weight excluding hydrogens is 428 g/mol. The first-order valence-electron chi connectivity index (χ1n) is 10.4. The van der Waals surface area contributed by atoms with Crippen molar-refractivity contribution in [1.82, 2.24) is 4.90 Å². The molecule has 2 aromatic rings. The average molecular weight is 452 g/mol. The van der Waals surface area contributed by atoms with E-state index in [1.54, 1.807) is 6.92 Å². The van der Waals surface area contributed by atoms with Gasteiger partial charge < -0.3 is 9.57 Å². The van der Waals surface area contributed by atoms with Crippen LogP contribution in [0.2, 0.25) is 0 Å². The third-order valence-corrected chi connectivity index (χ3v) is 5.15. The Morgan fingerprint density at radius 1 is 1.06 bits per heavy atom. The first-order valence-corrected chi connectivity index (χ1v) is 10.4. The van der Waals surface area contributed by atoms with Crippen molar-refractivity contribution >= 4 is 11.7 Å². The van der Waals surface area contributed by atoms with Crippen LogP contribution >= 0.6 is 0 Å². The van der Waals surface area contributed by atoms with Gasteiger partial charge in [-0.05, 0) is 56.6 Å². The van der Waals surface area contributed by atoms with Crippen LogP contribution in [-0.4, -0.2) is 49.4 Å². The fraction of sp³-hybridized carbons (Fsp3) is 0.391. The van der Waals surface area contributed by atoms with E-state index in [1.165, 1.54) is 0 Å². The Morgan fingerprint density at radius 3 is 2.56 bits per heavy atom. The molecule has 0 spiro atoms. The fourth-order valence-corrected chi connectivity index (χ4v) is 3.60. The van der Waals surface area contributed by atoms with E-state index in [1.807, 2.05) is 4.90 Å². The normalized spacial score (nSPS) is 17.3. The highest BCUT2D eigenvalue weighted by Crippen LogP contribution is 2.20. The molecule has 1 atom stereocenters. The molecule has 1 fully saturated rings. The molecule has 5 nitrogen and oxygen atoms in total. The van der Waals surface area contributed by atoms with Gasteiger partial charge in [-0.3, -0.25) is 9.69 Å². The van der Waals surface area contributed by atoms with Gasteiger partial charge in [-0.25, -0.2) is 17.6 Å². The lowest BCUT2D eigenvalue weighted by atomic mass is 9.98. The zero-order valence-electron chi connectivity index (χ0n) is 17.6. The lowest BCUT2D eigenvalue weighted by molar-refractivity contribution is -0.150. The molecule has 0 aliphatic carbocycles. The van der Waals surface area contributed by atoms with Gasteiger partial charge >= 0.3 is 5.97 Å². The van der Waals surface area contributed by atoms with Crippen molar-refractivity contribution in [3.05, 3.63) is 70.8 Å². The quantitative estimate of drug-likeness (QED) is 0.197. The zero-order valence-corrected chi connectivity index (χ0v) is 17.6. The highest BCUT2D eigenvalue weighted by Gasteiger charge is 2.26. The number of ether oxygens (including phenoxy) is 1. The lowest BCUT2D eigenvalue weighted by Crippen LogP contribution is -2.40. The van der Waals surface area contributed by atoms with E-state index in [0.717, 1.165) is 49.7 Å². The molecule has 0 bridgehead atoms. The summed E-state index contributed by atoms with van der Waals surface area (Å²) in [5.74, 6) is -3.80. The average Bonchev–Trinajstić information content (AvgIpc) is 2.77. The molecule has 0 N–H and O–H groups in total. The van der Waals surface area contributed by atoms with Crippen LogP contribution in [0.5, 0.6) is 0 Å². The number of carbonyl (C=O) groups excluding carboxylic acids is 1. The first-order chi connectivity index (χ1) is 15.4. The Bertz CT molecular complexity index is 984. The highest BCUT2D eigenvalue weighted by molar-refractivity contribution is 6.12. The molecule has 2 aromatic carbocycles. The molecule has 0 amide bonds. The minimum Gasteiger partial charge on any atom is -0.466 e. The van der Waals surface area contributed by atoms with Crippen LogP contribution in [0.15, 0.2) is 41.6 Å². The number of halogens is 4. The second-order valence-corrected chi connectivity index (χ2v) is 7.41. The van der Waals surface area contributed by atoms with Crippen LogP contribution in [-0.2, 0) is 14.4 Å². The summed E-state index contributed by atoms with van der Waals surface area (Å²) in [6.07, 6.45) is 1.58. The van der Waals surface area contributed by atoms with Gasteiger partial charge in [-0.15, -0.1) is 0 Å². The summed E-state index contributed by atoms with van der Waals surface area (Å²) in [5, 5.41) is 3.85. The number of rotatable bonds is 8. The van der Waals surface area contributed by atoms with E-state index in [0.29, 0.717) is 25.8 Å². The van der Waals surface area contributed by atoms with E-state index in [-0.39, 0.29) is 35.3 Å². The Labute approximate surface area is 183 Å². The van der Waals surface area contributed by atoms with Crippen molar-refractivity contribution < 1.29 is 31.9 Å². The topological polar surface area (TPSA) is 51.1 Å². The maximum atomic E-state index is 14.4. The molecule has 172 valence electrons. The lowest BCUT2D eigenvalue weighted by Gasteiger charge is -2.30. The molecule has 0 unspecified atom stereocenters. The van der Waals surface area contributed by atoms with Crippen LogP contribution < -0.4 is 0 Å². The number of oxime groups is 1. The van der Waals surface area contributed by atoms with Crippen molar-refractivity contribution in [2.75, 3.05) is 32.8 Å². The van der Waals surface area contributed by atoms with E-state index in [9.17, 15) is 22.4 Å². The minimum absolute atomic E-state index is 0.0682. The summed E-state index contributed by atoms with van der Waals surface area (Å²) in [6, 6.07) is 5.40. The summed E-state index contributed by atoms with van der Waals surface area (Å²) in [6.45, 7) is 3.85. The van der Waals surface area contributed by atoms with E-state index >= 15 is 0 Å². The minimum atomic E-state index is -0.982. The van der Waals surface area contributed by atoms with Crippen molar-refractivity contribution in [3.63, 3.8) is 0 Å². The molecule has 3 rings (SSSR count). The predicted octanol–water partition coefficient (Wildman–Crippen LogP) is 4.29. The molecule has 9 heteroatoms. The number of hydrogen-bond acceptors (Lipinski definition) is 5. The molecule has 0 radical (unpaired) electrons. The number of nitrogens with zero attached hydrogens (tertiary/aromatic N) is 2.